The molecule has 2 aliphatic carbocycles. The van der Waals surface area contributed by atoms with Crippen LogP contribution in [0.25, 0.3) is 55.0 Å². The summed E-state index contributed by atoms with van der Waals surface area (Å²) in [5, 5.41) is 4.62. The lowest BCUT2D eigenvalue weighted by Crippen LogP contribution is -2.28. The van der Waals surface area contributed by atoms with Gasteiger partial charge >= 0.3 is 0 Å². The van der Waals surface area contributed by atoms with Gasteiger partial charge in [-0.1, -0.05) is 183 Å². The van der Waals surface area contributed by atoms with Gasteiger partial charge in [-0.3, -0.25) is 0 Å². The lowest BCUT2D eigenvalue weighted by atomic mass is 9.67. The topological polar surface area (TPSA) is 16.4 Å². The van der Waals surface area contributed by atoms with Crippen molar-refractivity contribution in [1.82, 2.24) is 0 Å². The van der Waals surface area contributed by atoms with Crippen molar-refractivity contribution >= 4 is 49.8 Å². The number of nitrogens with zero attached hydrogens (tertiary/aromatic N) is 1. The fraction of sp³-hybridized carbons (Fsp3) is 0.119. The summed E-state index contributed by atoms with van der Waals surface area (Å²) in [7, 11) is 0. The fourth-order valence-corrected chi connectivity index (χ4v) is 10.9. The number of furan rings is 1. The first-order chi connectivity index (χ1) is 30.3. The van der Waals surface area contributed by atoms with Crippen LogP contribution < -0.4 is 4.90 Å². The predicted octanol–water partition coefficient (Wildman–Crippen LogP) is 16.3. The molecule has 1 heterocycles. The summed E-state index contributed by atoms with van der Waals surface area (Å²) in [4.78, 5) is 2.45. The minimum atomic E-state index is -0.485. The third-order valence-corrected chi connectivity index (χ3v) is 13.8. The molecular formula is C59H45NO. The number of hydrogen-bond acceptors (Lipinski definition) is 2. The van der Waals surface area contributed by atoms with Crippen molar-refractivity contribution in [3.05, 3.63) is 234 Å². The first kappa shape index (κ1) is 35.8. The van der Waals surface area contributed by atoms with E-state index in [4.69, 9.17) is 4.42 Å². The molecule has 1 saturated carbocycles. The molecule has 0 unspecified atom stereocenters. The molecule has 2 heteroatoms. The summed E-state index contributed by atoms with van der Waals surface area (Å²) >= 11 is 0. The summed E-state index contributed by atoms with van der Waals surface area (Å²) in [6.45, 7) is 0. The normalized spacial score (nSPS) is 14.6. The van der Waals surface area contributed by atoms with E-state index in [0.717, 1.165) is 55.5 Å². The molecule has 9 aromatic carbocycles. The van der Waals surface area contributed by atoms with Gasteiger partial charge in [-0.2, -0.15) is 0 Å². The highest BCUT2D eigenvalue weighted by Gasteiger charge is 2.46. The Labute approximate surface area is 357 Å². The first-order valence-electron chi connectivity index (χ1n) is 21.9. The van der Waals surface area contributed by atoms with Gasteiger partial charge in [0, 0.05) is 38.8 Å². The number of benzene rings is 9. The first-order valence-corrected chi connectivity index (χ1v) is 21.9. The van der Waals surface area contributed by atoms with E-state index in [0.29, 0.717) is 5.92 Å². The Morgan fingerprint density at radius 3 is 1.75 bits per heavy atom. The summed E-state index contributed by atoms with van der Waals surface area (Å²) < 4.78 is 6.78. The molecule has 0 aliphatic heterocycles. The number of hydrogen-bond donors (Lipinski definition) is 0. The van der Waals surface area contributed by atoms with Crippen molar-refractivity contribution in [3.8, 4) is 22.3 Å². The molecule has 0 radical (unpaired) electrons. The zero-order valence-corrected chi connectivity index (χ0v) is 34.1. The Morgan fingerprint density at radius 1 is 0.410 bits per heavy atom. The Balaban J connectivity index is 1.02. The standard InChI is InChI=1S/C59H45NO/c1-4-15-40(16-5-1)41-27-32-46(33-28-41)60(47-34-29-43(30-35-47)50-24-14-25-53-54-37-31-42-17-10-11-22-49(42)58(54)61-57(50)53)48-36-38-52-51-23-12-13-26-55(51)59(56(52)39-48,44-18-6-2-7-19-44)45-20-8-3-9-21-45/h2-3,6-14,17-40H,1,4-5,15-16H2. The second-order valence-electron chi connectivity index (χ2n) is 17.0. The molecule has 0 saturated heterocycles. The van der Waals surface area contributed by atoms with E-state index in [9.17, 15) is 0 Å². The molecule has 292 valence electrons. The van der Waals surface area contributed by atoms with Gasteiger partial charge in [0.05, 0.1) is 5.41 Å². The van der Waals surface area contributed by atoms with Gasteiger partial charge in [0.15, 0.2) is 0 Å². The molecule has 2 nitrogen and oxygen atoms in total. The Morgan fingerprint density at radius 2 is 1.00 bits per heavy atom. The van der Waals surface area contributed by atoms with E-state index < -0.39 is 5.41 Å². The van der Waals surface area contributed by atoms with Crippen molar-refractivity contribution in [1.29, 1.82) is 0 Å². The van der Waals surface area contributed by atoms with E-state index in [1.807, 2.05) is 0 Å². The minimum absolute atomic E-state index is 0.485. The minimum Gasteiger partial charge on any atom is -0.455 e. The van der Waals surface area contributed by atoms with Gasteiger partial charge in [-0.05, 0) is 111 Å². The van der Waals surface area contributed by atoms with Crippen LogP contribution in [-0.4, -0.2) is 0 Å². The molecule has 0 spiro atoms. The maximum atomic E-state index is 6.78. The van der Waals surface area contributed by atoms with Crippen LogP contribution in [0.15, 0.2) is 211 Å². The number of anilines is 3. The quantitative estimate of drug-likeness (QED) is 0.160. The monoisotopic (exact) mass is 783 g/mol. The summed E-state index contributed by atoms with van der Waals surface area (Å²) in [6, 6.07) is 76.3. The highest BCUT2D eigenvalue weighted by Crippen LogP contribution is 2.57. The molecule has 2 aliphatic rings. The Bertz CT molecular complexity index is 3170. The van der Waals surface area contributed by atoms with Crippen LogP contribution in [0, 0.1) is 0 Å². The van der Waals surface area contributed by atoms with E-state index in [1.165, 1.54) is 76.4 Å². The zero-order chi connectivity index (χ0) is 40.3. The van der Waals surface area contributed by atoms with Gasteiger partial charge in [0.1, 0.15) is 11.2 Å². The molecule has 1 aromatic heterocycles. The summed E-state index contributed by atoms with van der Waals surface area (Å²) in [5.41, 5.74) is 16.2. The van der Waals surface area contributed by atoms with Gasteiger partial charge in [0.2, 0.25) is 0 Å². The molecule has 0 atom stereocenters. The maximum Gasteiger partial charge on any atom is 0.143 e. The Kier molecular flexibility index (Phi) is 8.52. The van der Waals surface area contributed by atoms with E-state index >= 15 is 0 Å². The average Bonchev–Trinajstić information content (AvgIpc) is 3.87. The third-order valence-electron chi connectivity index (χ3n) is 13.8. The molecule has 61 heavy (non-hydrogen) atoms. The van der Waals surface area contributed by atoms with Crippen molar-refractivity contribution in [2.24, 2.45) is 0 Å². The van der Waals surface area contributed by atoms with E-state index in [2.05, 4.69) is 211 Å². The SMILES string of the molecule is c1ccc(C2(c3ccccc3)c3ccccc3-c3ccc(N(c4ccc(-c5cccc6c5oc5c7ccccc7ccc65)cc4)c4ccc(C5CCCCC5)cc4)cc32)cc1. The van der Waals surface area contributed by atoms with Crippen LogP contribution in [0.4, 0.5) is 17.1 Å². The lowest BCUT2D eigenvalue weighted by Gasteiger charge is -2.35. The van der Waals surface area contributed by atoms with Crippen LogP contribution in [0.2, 0.25) is 0 Å². The largest absolute Gasteiger partial charge is 0.455 e. The van der Waals surface area contributed by atoms with Crippen molar-refractivity contribution in [2.75, 3.05) is 4.90 Å². The molecule has 10 aromatic rings. The van der Waals surface area contributed by atoms with Crippen LogP contribution >= 0.6 is 0 Å². The van der Waals surface area contributed by atoms with Crippen molar-refractivity contribution in [2.45, 2.75) is 43.4 Å². The molecule has 12 rings (SSSR count). The second kappa shape index (κ2) is 14.5. The third kappa shape index (κ3) is 5.70. The predicted molar refractivity (Wildman–Crippen MR) is 254 cm³/mol. The van der Waals surface area contributed by atoms with Gasteiger partial charge < -0.3 is 9.32 Å². The summed E-state index contributed by atoms with van der Waals surface area (Å²) in [6.07, 6.45) is 6.57. The van der Waals surface area contributed by atoms with Gasteiger partial charge in [-0.25, -0.2) is 0 Å². The van der Waals surface area contributed by atoms with Gasteiger partial charge in [-0.15, -0.1) is 0 Å². The average molecular weight is 784 g/mol. The van der Waals surface area contributed by atoms with Crippen LogP contribution in [0.3, 0.4) is 0 Å². The zero-order valence-electron chi connectivity index (χ0n) is 34.1. The molecule has 0 bridgehead atoms. The molecular weight excluding hydrogens is 739 g/mol. The van der Waals surface area contributed by atoms with E-state index in [1.54, 1.807) is 0 Å². The second-order valence-corrected chi connectivity index (χ2v) is 17.0. The van der Waals surface area contributed by atoms with E-state index in [-0.39, 0.29) is 0 Å². The van der Waals surface area contributed by atoms with Crippen molar-refractivity contribution in [3.63, 3.8) is 0 Å². The molecule has 0 N–H and O–H groups in total. The fourth-order valence-electron chi connectivity index (χ4n) is 10.9. The molecule has 1 fully saturated rings. The molecule has 0 amide bonds. The number of rotatable bonds is 7. The van der Waals surface area contributed by atoms with Crippen LogP contribution in [0.5, 0.6) is 0 Å². The number of para-hydroxylation sites is 1. The highest BCUT2D eigenvalue weighted by atomic mass is 16.3. The van der Waals surface area contributed by atoms with Crippen LogP contribution in [0.1, 0.15) is 65.8 Å². The smallest absolute Gasteiger partial charge is 0.143 e. The van der Waals surface area contributed by atoms with Crippen LogP contribution in [-0.2, 0) is 5.41 Å². The summed E-state index contributed by atoms with van der Waals surface area (Å²) in [5.74, 6) is 0.644. The maximum absolute atomic E-state index is 6.78. The van der Waals surface area contributed by atoms with Crippen molar-refractivity contribution < 1.29 is 4.42 Å². The highest BCUT2D eigenvalue weighted by molar-refractivity contribution is 6.17. The lowest BCUT2D eigenvalue weighted by molar-refractivity contribution is 0.443. The number of fused-ring (bicyclic) bond motifs is 8. The Hall–Kier alpha value is -7.16. The van der Waals surface area contributed by atoms with Gasteiger partial charge in [0.25, 0.3) is 0 Å².